The van der Waals surface area contributed by atoms with Crippen LogP contribution in [0.4, 0.5) is 5.69 Å². The Morgan fingerprint density at radius 3 is 2.36 bits per heavy atom. The van der Waals surface area contributed by atoms with Crippen LogP contribution in [0.2, 0.25) is 0 Å². The van der Waals surface area contributed by atoms with E-state index in [9.17, 15) is 16.8 Å². The monoisotopic (exact) mass is 419 g/mol. The third-order valence-corrected chi connectivity index (χ3v) is 6.14. The summed E-state index contributed by atoms with van der Waals surface area (Å²) < 4.78 is 56.4. The van der Waals surface area contributed by atoms with Gasteiger partial charge in [0.1, 0.15) is 4.90 Å². The molecule has 0 bridgehead atoms. The van der Waals surface area contributed by atoms with E-state index >= 15 is 0 Å². The highest BCUT2D eigenvalue weighted by Gasteiger charge is 2.20. The maximum atomic E-state index is 12.8. The van der Waals surface area contributed by atoms with E-state index in [1.54, 1.807) is 30.3 Å². The summed E-state index contributed by atoms with van der Waals surface area (Å²) in [5.41, 5.74) is 0.956. The van der Waals surface area contributed by atoms with Gasteiger partial charge in [0.15, 0.2) is 0 Å². The fourth-order valence-corrected chi connectivity index (χ4v) is 4.40. The Hall–Kier alpha value is -2.95. The number of rotatable bonds is 6. The molecule has 0 unspecified atom stereocenters. The highest BCUT2D eigenvalue weighted by molar-refractivity contribution is 7.93. The maximum Gasteiger partial charge on any atom is 0.261 e. The second kappa shape index (κ2) is 7.58. The van der Waals surface area contributed by atoms with Crippen molar-refractivity contribution < 1.29 is 21.6 Å². The molecule has 2 aromatic carbocycles. The molecule has 0 amide bonds. The molecular formula is C18H17N3O5S2. The van der Waals surface area contributed by atoms with Crippen molar-refractivity contribution in [2.45, 2.75) is 9.79 Å². The van der Waals surface area contributed by atoms with Gasteiger partial charge >= 0.3 is 0 Å². The molecular weight excluding hydrogens is 402 g/mol. The molecule has 3 rings (SSSR count). The first-order valence-corrected chi connectivity index (χ1v) is 11.0. The minimum absolute atomic E-state index is 0.0566. The van der Waals surface area contributed by atoms with E-state index in [1.165, 1.54) is 43.5 Å². The van der Waals surface area contributed by atoms with Gasteiger partial charge in [-0.05, 0) is 30.3 Å². The lowest BCUT2D eigenvalue weighted by Crippen LogP contribution is -2.18. The molecule has 0 saturated heterocycles. The first-order valence-electron chi connectivity index (χ1n) is 7.97. The first-order chi connectivity index (χ1) is 13.2. The highest BCUT2D eigenvalue weighted by atomic mass is 32.2. The Morgan fingerprint density at radius 1 is 0.929 bits per heavy atom. The number of benzene rings is 2. The summed E-state index contributed by atoms with van der Waals surface area (Å²) in [5, 5.41) is 5.16. The molecule has 0 aliphatic carbocycles. The van der Waals surface area contributed by atoms with E-state index in [0.29, 0.717) is 17.1 Å². The van der Waals surface area contributed by atoms with Gasteiger partial charge in [0, 0.05) is 11.6 Å². The van der Waals surface area contributed by atoms with Crippen LogP contribution in [0.1, 0.15) is 0 Å². The van der Waals surface area contributed by atoms with E-state index in [0.717, 1.165) is 0 Å². The van der Waals surface area contributed by atoms with Crippen molar-refractivity contribution in [3.8, 4) is 17.1 Å². The van der Waals surface area contributed by atoms with Crippen molar-refractivity contribution in [3.63, 3.8) is 0 Å². The minimum Gasteiger partial charge on any atom is -0.481 e. The zero-order chi connectivity index (χ0) is 20.4. The highest BCUT2D eigenvalue weighted by Crippen LogP contribution is 2.26. The minimum atomic E-state index is -4.10. The number of hydrogen-bond donors (Lipinski definition) is 2. The Bertz CT molecular complexity index is 1230. The second-order valence-corrected chi connectivity index (χ2v) is 8.95. The Labute approximate surface area is 163 Å². The van der Waals surface area contributed by atoms with Crippen molar-refractivity contribution in [2.24, 2.45) is 5.14 Å². The summed E-state index contributed by atoms with van der Waals surface area (Å²) in [6.07, 6.45) is 0. The lowest BCUT2D eigenvalue weighted by Gasteiger charge is -2.12. The number of methoxy groups -OCH3 is 1. The van der Waals surface area contributed by atoms with Gasteiger partial charge in [-0.2, -0.15) is 0 Å². The molecule has 0 aliphatic heterocycles. The van der Waals surface area contributed by atoms with Gasteiger partial charge in [-0.15, -0.1) is 0 Å². The van der Waals surface area contributed by atoms with Crippen LogP contribution in [-0.2, 0) is 20.0 Å². The van der Waals surface area contributed by atoms with E-state index in [2.05, 4.69) is 9.71 Å². The normalized spacial score (nSPS) is 11.8. The SMILES string of the molecule is COc1cccc(-c2cccc(S(=O)(=O)Nc3ccccc3S(N)(=O)=O)c2)n1. The van der Waals surface area contributed by atoms with E-state index < -0.39 is 20.0 Å². The fourth-order valence-electron chi connectivity index (χ4n) is 2.51. The maximum absolute atomic E-state index is 12.8. The van der Waals surface area contributed by atoms with Crippen molar-refractivity contribution in [2.75, 3.05) is 11.8 Å². The molecule has 0 radical (unpaired) electrons. The van der Waals surface area contributed by atoms with Crippen LogP contribution in [-0.4, -0.2) is 28.9 Å². The molecule has 0 atom stereocenters. The number of sulfonamides is 2. The molecule has 8 nitrogen and oxygen atoms in total. The topological polar surface area (TPSA) is 128 Å². The summed E-state index contributed by atoms with van der Waals surface area (Å²) in [6.45, 7) is 0. The molecule has 146 valence electrons. The van der Waals surface area contributed by atoms with Crippen LogP contribution >= 0.6 is 0 Å². The summed E-state index contributed by atoms with van der Waals surface area (Å²) in [4.78, 5) is 3.91. The molecule has 1 aromatic heterocycles. The van der Waals surface area contributed by atoms with Crippen molar-refractivity contribution >= 4 is 25.7 Å². The van der Waals surface area contributed by atoms with Crippen LogP contribution in [0.5, 0.6) is 5.88 Å². The molecule has 0 aliphatic rings. The average Bonchev–Trinajstić information content (AvgIpc) is 2.67. The number of para-hydroxylation sites is 1. The van der Waals surface area contributed by atoms with Gasteiger partial charge in [0.25, 0.3) is 10.0 Å². The number of pyridine rings is 1. The third kappa shape index (κ3) is 4.30. The standard InChI is InChI=1S/C18H17N3O5S2/c1-26-18-11-5-9-15(20-18)13-6-4-7-14(12-13)28(24,25)21-16-8-2-3-10-17(16)27(19,22)23/h2-12,21H,1H3,(H2,19,22,23). The number of nitrogens with zero attached hydrogens (tertiary/aromatic N) is 1. The Balaban J connectivity index is 2.00. The number of anilines is 1. The zero-order valence-electron chi connectivity index (χ0n) is 14.7. The number of aromatic nitrogens is 1. The molecule has 0 fully saturated rings. The number of primary sulfonamides is 1. The molecule has 28 heavy (non-hydrogen) atoms. The predicted molar refractivity (Wildman–Crippen MR) is 105 cm³/mol. The first kappa shape index (κ1) is 19.8. The van der Waals surface area contributed by atoms with E-state index in [1.807, 2.05) is 0 Å². The van der Waals surface area contributed by atoms with Gasteiger partial charge in [0.05, 0.1) is 23.4 Å². The summed E-state index contributed by atoms with van der Waals surface area (Å²) in [7, 11) is -6.68. The van der Waals surface area contributed by atoms with Crippen LogP contribution in [0, 0.1) is 0 Å². The number of nitrogens with one attached hydrogen (secondary N) is 1. The quantitative estimate of drug-likeness (QED) is 0.630. The van der Waals surface area contributed by atoms with Crippen molar-refractivity contribution in [1.82, 2.24) is 4.98 Å². The molecule has 3 N–H and O–H groups in total. The largest absolute Gasteiger partial charge is 0.481 e. The average molecular weight is 419 g/mol. The van der Waals surface area contributed by atoms with Crippen LogP contribution in [0.15, 0.2) is 76.5 Å². The van der Waals surface area contributed by atoms with Gasteiger partial charge in [-0.1, -0.05) is 30.3 Å². The van der Waals surface area contributed by atoms with Gasteiger partial charge in [0.2, 0.25) is 15.9 Å². The molecule has 10 heteroatoms. The van der Waals surface area contributed by atoms with Crippen LogP contribution in [0.25, 0.3) is 11.3 Å². The Morgan fingerprint density at radius 2 is 1.64 bits per heavy atom. The number of hydrogen-bond acceptors (Lipinski definition) is 6. The van der Waals surface area contributed by atoms with Crippen molar-refractivity contribution in [1.29, 1.82) is 0 Å². The number of ether oxygens (including phenoxy) is 1. The van der Waals surface area contributed by atoms with Crippen LogP contribution in [0.3, 0.4) is 0 Å². The summed E-state index contributed by atoms with van der Waals surface area (Å²) in [6, 6.07) is 16.7. The van der Waals surface area contributed by atoms with Gasteiger partial charge in [-0.25, -0.2) is 27.0 Å². The lowest BCUT2D eigenvalue weighted by atomic mass is 10.1. The van der Waals surface area contributed by atoms with E-state index in [-0.39, 0.29) is 15.5 Å². The predicted octanol–water partition coefficient (Wildman–Crippen LogP) is 2.21. The summed E-state index contributed by atoms with van der Waals surface area (Å²) in [5.74, 6) is 0.394. The number of nitrogens with two attached hydrogens (primary N) is 1. The fraction of sp³-hybridized carbons (Fsp3) is 0.0556. The van der Waals surface area contributed by atoms with Crippen LogP contribution < -0.4 is 14.6 Å². The molecule has 0 spiro atoms. The smallest absolute Gasteiger partial charge is 0.261 e. The molecule has 3 aromatic rings. The molecule has 1 heterocycles. The lowest BCUT2D eigenvalue weighted by molar-refractivity contribution is 0.398. The Kier molecular flexibility index (Phi) is 5.36. The third-order valence-electron chi connectivity index (χ3n) is 3.81. The second-order valence-electron chi connectivity index (χ2n) is 5.74. The van der Waals surface area contributed by atoms with Gasteiger partial charge < -0.3 is 4.74 Å². The van der Waals surface area contributed by atoms with Crippen molar-refractivity contribution in [3.05, 3.63) is 66.7 Å². The van der Waals surface area contributed by atoms with Gasteiger partial charge in [-0.3, -0.25) is 4.72 Å². The summed E-state index contributed by atoms with van der Waals surface area (Å²) >= 11 is 0. The van der Waals surface area contributed by atoms with E-state index in [4.69, 9.17) is 9.88 Å². The molecule has 0 saturated carbocycles. The zero-order valence-corrected chi connectivity index (χ0v) is 16.4.